The van der Waals surface area contributed by atoms with Gasteiger partial charge in [0.15, 0.2) is 6.10 Å². The Morgan fingerprint density at radius 2 is 1.88 bits per heavy atom. The van der Waals surface area contributed by atoms with Gasteiger partial charge in [0.2, 0.25) is 3.79 Å². The second kappa shape index (κ2) is 5.80. The Labute approximate surface area is 115 Å². The normalized spacial score (nSPS) is 13.0. The number of hydrogen-bond donors (Lipinski definition) is 0. The van der Waals surface area contributed by atoms with Gasteiger partial charge in [-0.3, -0.25) is 4.79 Å². The number of esters is 1. The van der Waals surface area contributed by atoms with Crippen molar-refractivity contribution in [3.05, 3.63) is 29.8 Å². The van der Waals surface area contributed by atoms with Crippen molar-refractivity contribution in [3.8, 4) is 5.75 Å². The maximum atomic E-state index is 11.0. The molecule has 0 fully saturated rings. The molecule has 0 bridgehead atoms. The van der Waals surface area contributed by atoms with Crippen LogP contribution in [0.15, 0.2) is 24.3 Å². The molecule has 0 aromatic heterocycles. The Morgan fingerprint density at radius 3 is 2.35 bits per heavy atom. The summed E-state index contributed by atoms with van der Waals surface area (Å²) in [7, 11) is 1.49. The minimum absolute atomic E-state index is 0.491. The number of carbonyl (C=O) groups excluding carboxylic acids is 1. The van der Waals surface area contributed by atoms with Gasteiger partial charge in [0.25, 0.3) is 0 Å². The molecule has 0 N–H and O–H groups in total. The molecule has 0 radical (unpaired) electrons. The molecule has 0 aliphatic carbocycles. The average Bonchev–Trinajstić information content (AvgIpc) is 2.24. The van der Waals surface area contributed by atoms with E-state index in [2.05, 4.69) is 0 Å². The van der Waals surface area contributed by atoms with Crippen molar-refractivity contribution in [2.75, 3.05) is 7.11 Å². The highest BCUT2D eigenvalue weighted by molar-refractivity contribution is 6.68. The molecule has 1 rings (SSSR count). The first kappa shape index (κ1) is 14.4. The van der Waals surface area contributed by atoms with Gasteiger partial charge in [0.1, 0.15) is 5.75 Å². The van der Waals surface area contributed by atoms with E-state index in [4.69, 9.17) is 44.3 Å². The molecule has 94 valence electrons. The molecule has 1 aromatic rings. The number of halogens is 3. The van der Waals surface area contributed by atoms with Crippen molar-refractivity contribution in [2.45, 2.75) is 16.8 Å². The highest BCUT2D eigenvalue weighted by atomic mass is 35.6. The van der Waals surface area contributed by atoms with Gasteiger partial charge in [0.05, 0.1) is 7.11 Å². The quantitative estimate of drug-likeness (QED) is 0.631. The number of methoxy groups -OCH3 is 1. The minimum atomic E-state index is -1.76. The molecule has 1 unspecified atom stereocenters. The molecular weight excluding hydrogens is 286 g/mol. The Bertz CT molecular complexity index is 401. The highest BCUT2D eigenvalue weighted by Gasteiger charge is 2.38. The molecule has 0 amide bonds. The van der Waals surface area contributed by atoms with E-state index >= 15 is 0 Å². The third kappa shape index (κ3) is 3.95. The molecule has 1 aromatic carbocycles. The van der Waals surface area contributed by atoms with Gasteiger partial charge in [-0.25, -0.2) is 0 Å². The van der Waals surface area contributed by atoms with Crippen LogP contribution in [0.2, 0.25) is 0 Å². The van der Waals surface area contributed by atoms with Crippen LogP contribution in [0.1, 0.15) is 18.6 Å². The van der Waals surface area contributed by atoms with Gasteiger partial charge >= 0.3 is 5.97 Å². The van der Waals surface area contributed by atoms with Crippen molar-refractivity contribution in [3.63, 3.8) is 0 Å². The lowest BCUT2D eigenvalue weighted by atomic mass is 10.1. The summed E-state index contributed by atoms with van der Waals surface area (Å²) in [5, 5.41) is 0. The lowest BCUT2D eigenvalue weighted by Gasteiger charge is -2.25. The van der Waals surface area contributed by atoms with Gasteiger partial charge < -0.3 is 9.47 Å². The second-order valence-corrected chi connectivity index (χ2v) is 5.64. The van der Waals surface area contributed by atoms with Gasteiger partial charge in [0, 0.05) is 12.5 Å². The van der Waals surface area contributed by atoms with Gasteiger partial charge in [-0.1, -0.05) is 53.0 Å². The third-order valence-corrected chi connectivity index (χ3v) is 2.60. The lowest BCUT2D eigenvalue weighted by Crippen LogP contribution is -2.23. The van der Waals surface area contributed by atoms with E-state index in [0.29, 0.717) is 11.3 Å². The summed E-state index contributed by atoms with van der Waals surface area (Å²) in [5.74, 6) is -0.0442. The predicted molar refractivity (Wildman–Crippen MR) is 67.8 cm³/mol. The Kier molecular flexibility index (Phi) is 4.92. The van der Waals surface area contributed by atoms with Crippen LogP contribution in [0.5, 0.6) is 5.75 Å². The van der Waals surface area contributed by atoms with Crippen LogP contribution < -0.4 is 4.74 Å². The van der Waals surface area contributed by atoms with Gasteiger partial charge in [-0.05, 0) is 6.07 Å². The number of alkyl halides is 3. The maximum absolute atomic E-state index is 11.0. The first-order valence-corrected chi connectivity index (χ1v) is 5.86. The number of hydrogen-bond acceptors (Lipinski definition) is 3. The van der Waals surface area contributed by atoms with E-state index in [1.807, 2.05) is 0 Å². The zero-order valence-electron chi connectivity index (χ0n) is 9.25. The predicted octanol–water partition coefficient (Wildman–Crippen LogP) is 3.67. The Hall–Kier alpha value is -0.640. The molecule has 0 saturated heterocycles. The molecule has 0 saturated carbocycles. The SMILES string of the molecule is COc1ccccc1C(OC(C)=O)C(Cl)(Cl)Cl. The summed E-state index contributed by atoms with van der Waals surface area (Å²) in [5.41, 5.74) is 0.505. The van der Waals surface area contributed by atoms with Crippen molar-refractivity contribution in [1.29, 1.82) is 0 Å². The molecular formula is C11H11Cl3O3. The fourth-order valence-electron chi connectivity index (χ4n) is 1.36. The van der Waals surface area contributed by atoms with E-state index in [1.165, 1.54) is 14.0 Å². The van der Waals surface area contributed by atoms with Crippen LogP contribution in [0.4, 0.5) is 0 Å². The number of benzene rings is 1. The average molecular weight is 298 g/mol. The van der Waals surface area contributed by atoms with Crippen molar-refractivity contribution in [2.24, 2.45) is 0 Å². The molecule has 3 nitrogen and oxygen atoms in total. The number of ether oxygens (including phenoxy) is 2. The summed E-state index contributed by atoms with van der Waals surface area (Å²) < 4.78 is 8.40. The zero-order chi connectivity index (χ0) is 13.1. The van der Waals surface area contributed by atoms with E-state index in [9.17, 15) is 4.79 Å². The van der Waals surface area contributed by atoms with Gasteiger partial charge in [-0.2, -0.15) is 0 Å². The van der Waals surface area contributed by atoms with Crippen LogP contribution in [-0.4, -0.2) is 16.9 Å². The summed E-state index contributed by atoms with van der Waals surface area (Å²) in [6.45, 7) is 1.25. The number of rotatable bonds is 3. The lowest BCUT2D eigenvalue weighted by molar-refractivity contribution is -0.146. The van der Waals surface area contributed by atoms with E-state index in [1.54, 1.807) is 24.3 Å². The van der Waals surface area contributed by atoms with Crippen molar-refractivity contribution < 1.29 is 14.3 Å². The summed E-state index contributed by atoms with van der Waals surface area (Å²) in [6, 6.07) is 6.88. The van der Waals surface area contributed by atoms with E-state index in [0.717, 1.165) is 0 Å². The molecule has 1 atom stereocenters. The highest BCUT2D eigenvalue weighted by Crippen LogP contribution is 2.45. The molecule has 0 spiro atoms. The monoisotopic (exact) mass is 296 g/mol. The molecule has 0 aliphatic heterocycles. The van der Waals surface area contributed by atoms with Crippen molar-refractivity contribution in [1.82, 2.24) is 0 Å². The van der Waals surface area contributed by atoms with Crippen LogP contribution >= 0.6 is 34.8 Å². The van der Waals surface area contributed by atoms with Gasteiger partial charge in [-0.15, -0.1) is 0 Å². The summed E-state index contributed by atoms with van der Waals surface area (Å²) in [6.07, 6.45) is -1.01. The molecule has 6 heteroatoms. The van der Waals surface area contributed by atoms with Crippen LogP contribution in [0.25, 0.3) is 0 Å². The number of carbonyl (C=O) groups is 1. The van der Waals surface area contributed by atoms with Crippen molar-refractivity contribution >= 4 is 40.8 Å². The zero-order valence-corrected chi connectivity index (χ0v) is 11.5. The van der Waals surface area contributed by atoms with Crippen LogP contribution in [-0.2, 0) is 9.53 Å². The maximum Gasteiger partial charge on any atom is 0.303 e. The Balaban J connectivity index is 3.17. The smallest absolute Gasteiger partial charge is 0.303 e. The first-order valence-electron chi connectivity index (χ1n) is 4.73. The van der Waals surface area contributed by atoms with Crippen LogP contribution in [0, 0.1) is 0 Å². The number of para-hydroxylation sites is 1. The second-order valence-electron chi connectivity index (χ2n) is 3.27. The topological polar surface area (TPSA) is 35.5 Å². The third-order valence-electron chi connectivity index (χ3n) is 2.00. The summed E-state index contributed by atoms with van der Waals surface area (Å²) in [4.78, 5) is 11.0. The summed E-state index contributed by atoms with van der Waals surface area (Å²) >= 11 is 17.4. The molecule has 0 aliphatic rings. The standard InChI is InChI=1S/C11H11Cl3O3/c1-7(15)17-10(11(12,13)14)8-5-3-4-6-9(8)16-2/h3-6,10H,1-2H3. The largest absolute Gasteiger partial charge is 0.496 e. The minimum Gasteiger partial charge on any atom is -0.496 e. The van der Waals surface area contributed by atoms with E-state index < -0.39 is 15.9 Å². The fourth-order valence-corrected chi connectivity index (χ4v) is 1.84. The van der Waals surface area contributed by atoms with E-state index in [-0.39, 0.29) is 0 Å². The molecule has 17 heavy (non-hydrogen) atoms. The van der Waals surface area contributed by atoms with Crippen LogP contribution in [0.3, 0.4) is 0 Å². The fraction of sp³-hybridized carbons (Fsp3) is 0.364. The Morgan fingerprint density at radius 1 is 1.29 bits per heavy atom. The molecule has 0 heterocycles. The first-order chi connectivity index (χ1) is 7.86.